The molecule has 1 aliphatic carbocycles. The monoisotopic (exact) mass is 316 g/mol. The van der Waals surface area contributed by atoms with Gasteiger partial charge >= 0.3 is 0 Å². The quantitative estimate of drug-likeness (QED) is 0.880. The molecule has 2 heterocycles. The first-order valence-corrected chi connectivity index (χ1v) is 8.78. The van der Waals surface area contributed by atoms with Gasteiger partial charge in [-0.15, -0.1) is 0 Å². The number of piperidine rings is 1. The van der Waals surface area contributed by atoms with Crippen molar-refractivity contribution in [1.29, 1.82) is 0 Å². The summed E-state index contributed by atoms with van der Waals surface area (Å²) < 4.78 is 12.2. The third kappa shape index (κ3) is 3.02. The van der Waals surface area contributed by atoms with Gasteiger partial charge in [-0.2, -0.15) is 0 Å². The molecule has 0 aromatic heterocycles. The number of nitrogens with one attached hydrogen (secondary N) is 2. The molecule has 5 heteroatoms. The highest BCUT2D eigenvalue weighted by molar-refractivity contribution is 5.93. The summed E-state index contributed by atoms with van der Waals surface area (Å²) in [7, 11) is 0. The van der Waals surface area contributed by atoms with E-state index in [9.17, 15) is 4.79 Å². The molecule has 2 N–H and O–H groups in total. The van der Waals surface area contributed by atoms with Crippen molar-refractivity contribution in [1.82, 2.24) is 5.32 Å². The fourth-order valence-electron chi connectivity index (χ4n) is 3.79. The molecule has 1 saturated heterocycles. The van der Waals surface area contributed by atoms with Gasteiger partial charge < -0.3 is 20.1 Å². The van der Waals surface area contributed by atoms with Gasteiger partial charge in [-0.3, -0.25) is 4.79 Å². The van der Waals surface area contributed by atoms with Crippen LogP contribution in [0.5, 0.6) is 11.5 Å². The topological polar surface area (TPSA) is 59.6 Å². The van der Waals surface area contributed by atoms with Crippen LogP contribution in [0.1, 0.15) is 44.9 Å². The molecule has 0 radical (unpaired) electrons. The number of hydrogen-bond acceptors (Lipinski definition) is 4. The van der Waals surface area contributed by atoms with E-state index in [0.717, 1.165) is 68.8 Å². The molecule has 23 heavy (non-hydrogen) atoms. The van der Waals surface area contributed by atoms with Gasteiger partial charge in [-0.05, 0) is 50.9 Å². The summed E-state index contributed by atoms with van der Waals surface area (Å²) in [6, 6.07) is 5.72. The number of ether oxygens (including phenoxy) is 2. The second-order valence-electron chi connectivity index (χ2n) is 6.85. The second-order valence-corrected chi connectivity index (χ2v) is 6.85. The standard InChI is InChI=1S/C18H24N2O3/c21-17(13-6-10-19-11-7-13)20-14-4-5-15-16(12-14)23-18(22-15)8-2-1-3-9-18/h4-5,12-13,19H,1-3,6-11H2,(H,20,21). The number of benzene rings is 1. The molecule has 1 saturated carbocycles. The van der Waals surface area contributed by atoms with Gasteiger partial charge in [0.15, 0.2) is 11.5 Å². The molecule has 2 fully saturated rings. The third-order valence-corrected chi connectivity index (χ3v) is 5.13. The van der Waals surface area contributed by atoms with E-state index in [-0.39, 0.29) is 11.8 Å². The van der Waals surface area contributed by atoms with Crippen LogP contribution < -0.4 is 20.1 Å². The lowest BCUT2D eigenvalue weighted by molar-refractivity contribution is -0.120. The Balaban J connectivity index is 1.44. The molecule has 4 rings (SSSR count). The highest BCUT2D eigenvalue weighted by Gasteiger charge is 2.42. The van der Waals surface area contributed by atoms with Crippen LogP contribution in [0.25, 0.3) is 0 Å². The Kier molecular flexibility index (Phi) is 3.89. The zero-order valence-corrected chi connectivity index (χ0v) is 13.4. The lowest BCUT2D eigenvalue weighted by atomic mass is 9.94. The summed E-state index contributed by atoms with van der Waals surface area (Å²) in [5.41, 5.74) is 0.795. The molecule has 1 aromatic carbocycles. The fourth-order valence-corrected chi connectivity index (χ4v) is 3.79. The van der Waals surface area contributed by atoms with Crippen molar-refractivity contribution in [3.63, 3.8) is 0 Å². The molecule has 0 unspecified atom stereocenters. The minimum atomic E-state index is -0.460. The van der Waals surface area contributed by atoms with Crippen LogP contribution >= 0.6 is 0 Å². The smallest absolute Gasteiger partial charge is 0.251 e. The van der Waals surface area contributed by atoms with Gasteiger partial charge in [-0.1, -0.05) is 6.42 Å². The molecule has 2 aliphatic heterocycles. The van der Waals surface area contributed by atoms with Gasteiger partial charge in [0, 0.05) is 30.5 Å². The number of fused-ring (bicyclic) bond motifs is 1. The minimum Gasteiger partial charge on any atom is -0.448 e. The summed E-state index contributed by atoms with van der Waals surface area (Å²) in [5.74, 6) is 1.31. The summed E-state index contributed by atoms with van der Waals surface area (Å²) in [5, 5.41) is 6.31. The third-order valence-electron chi connectivity index (χ3n) is 5.13. The normalized spacial score (nSPS) is 23.0. The number of rotatable bonds is 2. The van der Waals surface area contributed by atoms with Gasteiger partial charge in [0.2, 0.25) is 5.91 Å². The molecular weight excluding hydrogens is 292 g/mol. The lowest BCUT2D eigenvalue weighted by Gasteiger charge is -2.31. The van der Waals surface area contributed by atoms with Crippen LogP contribution in [0, 0.1) is 5.92 Å². The van der Waals surface area contributed by atoms with Crippen LogP contribution in [0.4, 0.5) is 5.69 Å². The predicted octanol–water partition coefficient (Wildman–Crippen LogP) is 3.06. The molecule has 0 bridgehead atoms. The number of anilines is 1. The van der Waals surface area contributed by atoms with Crippen LogP contribution in [-0.4, -0.2) is 24.8 Å². The van der Waals surface area contributed by atoms with Gasteiger partial charge in [0.1, 0.15) is 0 Å². The zero-order valence-electron chi connectivity index (χ0n) is 13.4. The predicted molar refractivity (Wildman–Crippen MR) is 87.7 cm³/mol. The molecule has 1 amide bonds. The first-order valence-electron chi connectivity index (χ1n) is 8.78. The van der Waals surface area contributed by atoms with Gasteiger partial charge in [-0.25, -0.2) is 0 Å². The van der Waals surface area contributed by atoms with Gasteiger partial charge in [0.25, 0.3) is 5.79 Å². The van der Waals surface area contributed by atoms with E-state index in [0.29, 0.717) is 0 Å². The summed E-state index contributed by atoms with van der Waals surface area (Å²) >= 11 is 0. The Morgan fingerprint density at radius 1 is 1.09 bits per heavy atom. The van der Waals surface area contributed by atoms with Crippen molar-refractivity contribution in [2.75, 3.05) is 18.4 Å². The molecule has 1 spiro atoms. The largest absolute Gasteiger partial charge is 0.448 e. The van der Waals surface area contributed by atoms with E-state index in [2.05, 4.69) is 10.6 Å². The number of carbonyl (C=O) groups excluding carboxylic acids is 1. The van der Waals surface area contributed by atoms with E-state index >= 15 is 0 Å². The maximum Gasteiger partial charge on any atom is 0.251 e. The number of hydrogen-bond donors (Lipinski definition) is 2. The molecule has 5 nitrogen and oxygen atoms in total. The van der Waals surface area contributed by atoms with E-state index in [1.807, 2.05) is 18.2 Å². The summed E-state index contributed by atoms with van der Waals surface area (Å²) in [6.45, 7) is 1.84. The first kappa shape index (κ1) is 14.8. The number of carbonyl (C=O) groups is 1. The summed E-state index contributed by atoms with van der Waals surface area (Å²) in [4.78, 5) is 12.4. The van der Waals surface area contributed by atoms with Crippen molar-refractivity contribution >= 4 is 11.6 Å². The Morgan fingerprint density at radius 2 is 1.83 bits per heavy atom. The lowest BCUT2D eigenvalue weighted by Crippen LogP contribution is -2.40. The Bertz CT molecular complexity index is 590. The van der Waals surface area contributed by atoms with E-state index in [4.69, 9.17) is 9.47 Å². The first-order chi connectivity index (χ1) is 11.2. The average molecular weight is 316 g/mol. The van der Waals surface area contributed by atoms with Gasteiger partial charge in [0.05, 0.1) is 0 Å². The molecule has 1 aromatic rings. The minimum absolute atomic E-state index is 0.103. The molecular formula is C18H24N2O3. The van der Waals surface area contributed by atoms with Crippen molar-refractivity contribution in [3.8, 4) is 11.5 Å². The molecule has 124 valence electrons. The maximum absolute atomic E-state index is 12.4. The molecule has 3 aliphatic rings. The SMILES string of the molecule is O=C(Nc1ccc2c(c1)OC1(CCCCC1)O2)C1CCNCC1. The van der Waals surface area contributed by atoms with Crippen molar-refractivity contribution in [2.45, 2.75) is 50.7 Å². The van der Waals surface area contributed by atoms with Crippen LogP contribution in [0.2, 0.25) is 0 Å². The van der Waals surface area contributed by atoms with Crippen LogP contribution in [0.3, 0.4) is 0 Å². The highest BCUT2D eigenvalue weighted by Crippen LogP contribution is 2.46. The Hall–Kier alpha value is -1.75. The average Bonchev–Trinajstić information content (AvgIpc) is 2.93. The van der Waals surface area contributed by atoms with Crippen LogP contribution in [-0.2, 0) is 4.79 Å². The number of amides is 1. The van der Waals surface area contributed by atoms with Crippen molar-refractivity contribution < 1.29 is 14.3 Å². The zero-order chi connectivity index (χ0) is 15.7. The fraction of sp³-hybridized carbons (Fsp3) is 0.611. The van der Waals surface area contributed by atoms with Crippen molar-refractivity contribution in [2.24, 2.45) is 5.92 Å². The highest BCUT2D eigenvalue weighted by atomic mass is 16.7. The maximum atomic E-state index is 12.4. The van der Waals surface area contributed by atoms with E-state index in [1.54, 1.807) is 0 Å². The molecule has 0 atom stereocenters. The summed E-state index contributed by atoms with van der Waals surface area (Å²) in [6.07, 6.45) is 7.23. The van der Waals surface area contributed by atoms with E-state index in [1.165, 1.54) is 6.42 Å². The Morgan fingerprint density at radius 3 is 2.61 bits per heavy atom. The second kappa shape index (κ2) is 6.04. The van der Waals surface area contributed by atoms with E-state index < -0.39 is 5.79 Å². The van der Waals surface area contributed by atoms with Crippen LogP contribution in [0.15, 0.2) is 18.2 Å². The van der Waals surface area contributed by atoms with Crippen molar-refractivity contribution in [3.05, 3.63) is 18.2 Å². The Labute approximate surface area is 136 Å².